The highest BCUT2D eigenvalue weighted by Gasteiger charge is 2.26. The molecule has 1 fully saturated rings. The zero-order valence-electron chi connectivity index (χ0n) is 11.6. The summed E-state index contributed by atoms with van der Waals surface area (Å²) in [5.74, 6) is 1.53. The van der Waals surface area contributed by atoms with Gasteiger partial charge in [0.15, 0.2) is 5.78 Å². The van der Waals surface area contributed by atoms with E-state index in [9.17, 15) is 4.79 Å². The van der Waals surface area contributed by atoms with Crippen LogP contribution < -0.4 is 0 Å². The molecule has 0 bridgehead atoms. The molecule has 98 valence electrons. The smallest absolute Gasteiger partial charge is 0.166 e. The Hall–Kier alpha value is -1.11. The Kier molecular flexibility index (Phi) is 4.57. The number of carbonyl (C=O) groups is 1. The Labute approximate surface area is 111 Å². The van der Waals surface area contributed by atoms with Gasteiger partial charge in [-0.25, -0.2) is 0 Å². The van der Waals surface area contributed by atoms with Gasteiger partial charge in [0.05, 0.1) is 0 Å². The Bertz CT molecular complexity index is 400. The zero-order chi connectivity index (χ0) is 13.0. The maximum absolute atomic E-state index is 12.5. The monoisotopic (exact) mass is 244 g/mol. The molecule has 0 aromatic heterocycles. The van der Waals surface area contributed by atoms with Gasteiger partial charge in [-0.15, -0.1) is 0 Å². The van der Waals surface area contributed by atoms with Crippen molar-refractivity contribution in [1.29, 1.82) is 0 Å². The predicted molar refractivity (Wildman–Crippen MR) is 75.9 cm³/mol. The van der Waals surface area contributed by atoms with E-state index in [2.05, 4.69) is 6.92 Å². The molecule has 0 amide bonds. The van der Waals surface area contributed by atoms with Crippen LogP contribution in [0.1, 0.15) is 61.4 Å². The summed E-state index contributed by atoms with van der Waals surface area (Å²) in [5.41, 5.74) is 2.06. The number of carbonyl (C=O) groups excluding carboxylic acids is 1. The number of ketones is 1. The largest absolute Gasteiger partial charge is 0.294 e. The lowest BCUT2D eigenvalue weighted by Crippen LogP contribution is -2.22. The molecule has 0 aliphatic heterocycles. The van der Waals surface area contributed by atoms with E-state index in [4.69, 9.17) is 0 Å². The van der Waals surface area contributed by atoms with Crippen LogP contribution in [0.2, 0.25) is 0 Å². The summed E-state index contributed by atoms with van der Waals surface area (Å²) in [5, 5.41) is 0. The van der Waals surface area contributed by atoms with E-state index >= 15 is 0 Å². The summed E-state index contributed by atoms with van der Waals surface area (Å²) in [6.45, 7) is 4.29. The lowest BCUT2D eigenvalue weighted by molar-refractivity contribution is 0.0869. The van der Waals surface area contributed by atoms with Crippen LogP contribution in [0, 0.1) is 18.8 Å². The lowest BCUT2D eigenvalue weighted by atomic mass is 9.77. The third kappa shape index (κ3) is 3.01. The van der Waals surface area contributed by atoms with Gasteiger partial charge in [-0.2, -0.15) is 0 Å². The molecule has 2 rings (SSSR count). The zero-order valence-corrected chi connectivity index (χ0v) is 11.6. The minimum absolute atomic E-state index is 0.277. The molecule has 0 N–H and O–H groups in total. The van der Waals surface area contributed by atoms with Crippen molar-refractivity contribution in [1.82, 2.24) is 0 Å². The third-order valence-electron chi connectivity index (χ3n) is 4.32. The molecule has 0 heterocycles. The van der Waals surface area contributed by atoms with Crippen molar-refractivity contribution in [3.05, 3.63) is 35.4 Å². The number of hydrogen-bond donors (Lipinski definition) is 0. The van der Waals surface area contributed by atoms with Crippen LogP contribution in [0.4, 0.5) is 0 Å². The standard InChI is InChI=1S/C17H24O/c1-3-6-14-9-11-15(12-10-14)17(18)16-8-5-4-7-13(16)2/h4-5,7-8,14-15H,3,6,9-12H2,1-2H3. The minimum atomic E-state index is 0.277. The Balaban J connectivity index is 1.98. The number of aryl methyl sites for hydroxylation is 1. The van der Waals surface area contributed by atoms with Crippen molar-refractivity contribution in [2.75, 3.05) is 0 Å². The highest BCUT2D eigenvalue weighted by atomic mass is 16.1. The summed E-state index contributed by atoms with van der Waals surface area (Å²) in [7, 11) is 0. The number of hydrogen-bond acceptors (Lipinski definition) is 1. The molecule has 0 unspecified atom stereocenters. The Morgan fingerprint density at radius 3 is 2.44 bits per heavy atom. The van der Waals surface area contributed by atoms with Crippen molar-refractivity contribution in [3.63, 3.8) is 0 Å². The molecule has 0 spiro atoms. The summed E-state index contributed by atoms with van der Waals surface area (Å²) < 4.78 is 0. The van der Waals surface area contributed by atoms with Crippen LogP contribution >= 0.6 is 0 Å². The fourth-order valence-electron chi connectivity index (χ4n) is 3.19. The fraction of sp³-hybridized carbons (Fsp3) is 0.588. The second-order valence-electron chi connectivity index (χ2n) is 5.69. The molecule has 1 aliphatic carbocycles. The molecule has 1 nitrogen and oxygen atoms in total. The number of Topliss-reactive ketones (excluding diaryl/α,β-unsaturated/α-hetero) is 1. The van der Waals surface area contributed by atoms with Crippen LogP contribution in [0.25, 0.3) is 0 Å². The number of rotatable bonds is 4. The van der Waals surface area contributed by atoms with Crippen LogP contribution in [-0.4, -0.2) is 5.78 Å². The highest BCUT2D eigenvalue weighted by Crippen LogP contribution is 2.33. The average Bonchev–Trinajstić information content (AvgIpc) is 2.40. The van der Waals surface area contributed by atoms with E-state index in [0.717, 1.165) is 29.9 Å². The summed E-state index contributed by atoms with van der Waals surface area (Å²) in [6, 6.07) is 8.00. The lowest BCUT2D eigenvalue weighted by Gasteiger charge is -2.27. The molecule has 0 atom stereocenters. The van der Waals surface area contributed by atoms with Crippen molar-refractivity contribution < 1.29 is 4.79 Å². The van der Waals surface area contributed by atoms with E-state index in [0.29, 0.717) is 5.78 Å². The van der Waals surface area contributed by atoms with Gasteiger partial charge in [0.25, 0.3) is 0 Å². The predicted octanol–water partition coefficient (Wildman–Crippen LogP) is 4.78. The molecule has 18 heavy (non-hydrogen) atoms. The van der Waals surface area contributed by atoms with Crippen LogP contribution in [0.15, 0.2) is 24.3 Å². The molecule has 0 radical (unpaired) electrons. The van der Waals surface area contributed by atoms with Crippen LogP contribution in [-0.2, 0) is 0 Å². The van der Waals surface area contributed by atoms with Gasteiger partial charge < -0.3 is 0 Å². The Morgan fingerprint density at radius 1 is 1.17 bits per heavy atom. The number of benzene rings is 1. The quantitative estimate of drug-likeness (QED) is 0.696. The van der Waals surface area contributed by atoms with Crippen molar-refractivity contribution in [2.24, 2.45) is 11.8 Å². The summed E-state index contributed by atoms with van der Waals surface area (Å²) >= 11 is 0. The molecule has 1 aromatic rings. The minimum Gasteiger partial charge on any atom is -0.294 e. The van der Waals surface area contributed by atoms with Crippen LogP contribution in [0.3, 0.4) is 0 Å². The molecule has 1 aliphatic rings. The maximum atomic E-state index is 12.5. The molecule has 1 heteroatoms. The summed E-state index contributed by atoms with van der Waals surface area (Å²) in [4.78, 5) is 12.5. The van der Waals surface area contributed by atoms with Crippen LogP contribution in [0.5, 0.6) is 0 Å². The summed E-state index contributed by atoms with van der Waals surface area (Å²) in [6.07, 6.45) is 7.30. The van der Waals surface area contributed by atoms with E-state index in [-0.39, 0.29) is 5.92 Å². The highest BCUT2D eigenvalue weighted by molar-refractivity contribution is 5.99. The van der Waals surface area contributed by atoms with Gasteiger partial charge in [0, 0.05) is 11.5 Å². The van der Waals surface area contributed by atoms with Gasteiger partial charge in [-0.1, -0.05) is 44.0 Å². The normalized spacial score (nSPS) is 23.9. The van der Waals surface area contributed by atoms with Gasteiger partial charge in [0.1, 0.15) is 0 Å². The second-order valence-corrected chi connectivity index (χ2v) is 5.69. The van der Waals surface area contributed by atoms with E-state index < -0.39 is 0 Å². The first-order chi connectivity index (χ1) is 8.72. The van der Waals surface area contributed by atoms with Gasteiger partial charge in [0.2, 0.25) is 0 Å². The van der Waals surface area contributed by atoms with Gasteiger partial charge >= 0.3 is 0 Å². The molecule has 1 saturated carbocycles. The van der Waals surface area contributed by atoms with E-state index in [1.165, 1.54) is 25.7 Å². The van der Waals surface area contributed by atoms with Crippen molar-refractivity contribution >= 4 is 5.78 Å². The van der Waals surface area contributed by atoms with E-state index in [1.807, 2.05) is 31.2 Å². The van der Waals surface area contributed by atoms with Gasteiger partial charge in [-0.05, 0) is 44.1 Å². The first-order valence-corrected chi connectivity index (χ1v) is 7.32. The molecule has 0 saturated heterocycles. The first-order valence-electron chi connectivity index (χ1n) is 7.32. The average molecular weight is 244 g/mol. The Morgan fingerprint density at radius 2 is 1.83 bits per heavy atom. The topological polar surface area (TPSA) is 17.1 Å². The maximum Gasteiger partial charge on any atom is 0.166 e. The third-order valence-corrected chi connectivity index (χ3v) is 4.32. The fourth-order valence-corrected chi connectivity index (χ4v) is 3.19. The van der Waals surface area contributed by atoms with Gasteiger partial charge in [-0.3, -0.25) is 4.79 Å². The SMILES string of the molecule is CCCC1CCC(C(=O)c2ccccc2C)CC1. The molecular weight excluding hydrogens is 220 g/mol. The molecular formula is C17H24O. The first kappa shape index (κ1) is 13.3. The van der Waals surface area contributed by atoms with Crippen molar-refractivity contribution in [3.8, 4) is 0 Å². The van der Waals surface area contributed by atoms with E-state index in [1.54, 1.807) is 0 Å². The van der Waals surface area contributed by atoms with Crippen molar-refractivity contribution in [2.45, 2.75) is 52.4 Å². The molecule has 1 aromatic carbocycles. The second kappa shape index (κ2) is 6.17.